The molecule has 0 spiro atoms. The van der Waals surface area contributed by atoms with Gasteiger partial charge in [-0.1, -0.05) is 65.7 Å². The fourth-order valence-corrected chi connectivity index (χ4v) is 10.6. The summed E-state index contributed by atoms with van der Waals surface area (Å²) < 4.78 is 15.8. The van der Waals surface area contributed by atoms with Gasteiger partial charge in [-0.2, -0.15) is 0 Å². The Morgan fingerprint density at radius 1 is 0.779 bits per heavy atom. The zero-order valence-electron chi connectivity index (χ0n) is 53.4. The van der Waals surface area contributed by atoms with E-state index in [4.69, 9.17) is 16.9 Å². The summed E-state index contributed by atoms with van der Waals surface area (Å²) in [6.45, 7) is 6.90. The standard InChI is InChI=1S/C62H84N14O18S/c1-8-33(5)53-59(89)66-27-48(81)69-43(31-95-93)57(87)71-42(26-46(63)79)62(92)75-23-10-11-44(75)58(88)74-54(34(6)45(78)29-77)61(91)70-40(56(86)65-28-49(82)73-53)19-15-37-14-18-39(25-41(37)64-9-2)94-30-36-12-16-38(17-13-36)68-55(85)35(7)67-60(90)52(32(3)4)72-47(80)22-24-76-50(83)20-21-51(76)84/h2,12-14,16-18,20-21,25,32-35,40,42-45,52-54,64,77-78,93H,8,10-11,15,19,22-24,26-31H2,1,3-7H3,(H2,63,79)(H,65,86)(H,66,89)(H,67,90)(H,68,85)(H,69,81)(H,70,91)(H,71,87)(H,72,80)(H,73,82)(H,74,88)/t33-,34-,35-,40-,42-,43-,44-,45-,52?,53-,54-/m0/s1. The number of primary amides is 1. The van der Waals surface area contributed by atoms with Crippen molar-refractivity contribution in [2.75, 3.05) is 49.2 Å². The molecule has 0 aliphatic carbocycles. The Morgan fingerprint density at radius 3 is 2.05 bits per heavy atom. The molecule has 11 atom stereocenters. The van der Waals surface area contributed by atoms with Crippen LogP contribution in [-0.4, -0.2) is 200 Å². The molecule has 3 aliphatic rings. The predicted molar refractivity (Wildman–Crippen MR) is 342 cm³/mol. The molecule has 14 amide bonds. The number of fused-ring (bicyclic) bond motifs is 1. The molecule has 2 saturated heterocycles. The van der Waals surface area contributed by atoms with Gasteiger partial charge in [-0.25, -0.2) is 0 Å². The number of imide groups is 1. The second-order valence-electron chi connectivity index (χ2n) is 23.4. The quantitative estimate of drug-likeness (QED) is 0.0202. The van der Waals surface area contributed by atoms with Gasteiger partial charge in [0.1, 0.15) is 60.7 Å². The zero-order chi connectivity index (χ0) is 70.2. The summed E-state index contributed by atoms with van der Waals surface area (Å²) in [4.78, 5) is 189. The first-order valence-corrected chi connectivity index (χ1v) is 31.7. The third-order valence-corrected chi connectivity index (χ3v) is 16.5. The number of benzene rings is 2. The Hall–Kier alpha value is -9.65. The Bertz CT molecular complexity index is 3240. The molecule has 2 aromatic rings. The SMILES string of the molecule is C#CNc1cc(OCc2ccc(NC(=O)[C@H](C)NC(=O)C(NC(=O)CCN3C(=O)C=CC3=O)C(C)C)cc2)ccc1CC[C@@H]1NC(=O)[C@H]([C@@H](C)[C@@H](O)CO)NC(=O)[C@@H]2CCCN2C(=O)[C@H](CC(N)=O)NC(=O)[C@H](CSO)NC(=O)CNC(=O)[C@H]([C@@H](C)CC)NC(=O)CNC1=O. The Labute approximate surface area is 552 Å². The van der Waals surface area contributed by atoms with E-state index in [1.165, 1.54) is 13.8 Å². The van der Waals surface area contributed by atoms with Crippen LogP contribution in [0.4, 0.5) is 11.4 Å². The molecule has 516 valence electrons. The molecule has 33 heteroatoms. The molecule has 1 unspecified atom stereocenters. The van der Waals surface area contributed by atoms with E-state index in [-0.39, 0.29) is 63.8 Å². The topological polar surface area (TPSA) is 474 Å². The first kappa shape index (κ1) is 76.1. The molecule has 5 rings (SSSR count). The summed E-state index contributed by atoms with van der Waals surface area (Å²) >= 11 is 0.152. The number of anilines is 2. The Kier molecular flexibility index (Phi) is 29.4. The number of carbonyl (C=O) groups excluding carboxylic acids is 14. The summed E-state index contributed by atoms with van der Waals surface area (Å²) in [6.07, 6.45) is 5.53. The number of nitrogens with zero attached hydrogens (tertiary/aromatic N) is 2. The molecule has 0 saturated carbocycles. The second-order valence-corrected chi connectivity index (χ2v) is 24.0. The highest BCUT2D eigenvalue weighted by atomic mass is 32.2. The molecule has 2 fully saturated rings. The van der Waals surface area contributed by atoms with Gasteiger partial charge in [0.05, 0.1) is 37.9 Å². The van der Waals surface area contributed by atoms with Crippen molar-refractivity contribution in [2.45, 2.75) is 148 Å². The van der Waals surface area contributed by atoms with Crippen LogP contribution in [0.15, 0.2) is 54.6 Å². The van der Waals surface area contributed by atoms with Crippen molar-refractivity contribution in [1.29, 1.82) is 0 Å². The molecule has 0 radical (unpaired) electrons. The maximum Gasteiger partial charge on any atom is 0.253 e. The number of carbonyl (C=O) groups is 14. The van der Waals surface area contributed by atoms with Gasteiger partial charge in [-0.05, 0) is 85.8 Å². The number of nitrogens with one attached hydrogen (secondary N) is 11. The highest BCUT2D eigenvalue weighted by Gasteiger charge is 2.42. The zero-order valence-corrected chi connectivity index (χ0v) is 54.3. The average Bonchev–Trinajstić information content (AvgIpc) is 1.78. The number of hydrogen-bond acceptors (Lipinski definition) is 20. The average molecular weight is 1350 g/mol. The van der Waals surface area contributed by atoms with E-state index >= 15 is 0 Å². The summed E-state index contributed by atoms with van der Waals surface area (Å²) in [5.74, 6) is -13.9. The van der Waals surface area contributed by atoms with Gasteiger partial charge in [-0.15, -0.1) is 0 Å². The number of aliphatic hydroxyl groups excluding tert-OH is 2. The lowest BCUT2D eigenvalue weighted by Crippen LogP contribution is -2.61. The van der Waals surface area contributed by atoms with Crippen molar-refractivity contribution in [3.63, 3.8) is 0 Å². The number of aliphatic hydroxyl groups is 2. The maximum absolute atomic E-state index is 14.6. The Morgan fingerprint density at radius 2 is 1.43 bits per heavy atom. The van der Waals surface area contributed by atoms with E-state index in [1.54, 1.807) is 70.2 Å². The molecule has 0 aromatic heterocycles. The molecule has 2 aromatic carbocycles. The predicted octanol–water partition coefficient (Wildman–Crippen LogP) is -3.12. The normalized spacial score (nSPS) is 21.9. The van der Waals surface area contributed by atoms with Crippen LogP contribution in [0, 0.1) is 30.2 Å². The van der Waals surface area contributed by atoms with Crippen LogP contribution in [-0.2, 0) is 80.2 Å². The van der Waals surface area contributed by atoms with Crippen LogP contribution in [0.1, 0.15) is 91.2 Å². The van der Waals surface area contributed by atoms with Crippen LogP contribution in [0.2, 0.25) is 0 Å². The van der Waals surface area contributed by atoms with E-state index < -0.39 is 187 Å². The molecular formula is C62H84N14O18S. The summed E-state index contributed by atoms with van der Waals surface area (Å²) in [5.41, 5.74) is 7.35. The third-order valence-electron chi connectivity index (χ3n) is 16.0. The van der Waals surface area contributed by atoms with Crippen molar-refractivity contribution in [3.05, 3.63) is 65.7 Å². The highest BCUT2D eigenvalue weighted by molar-refractivity contribution is 7.93. The minimum atomic E-state index is -1.73. The van der Waals surface area contributed by atoms with Gasteiger partial charge >= 0.3 is 0 Å². The molecule has 32 nitrogen and oxygen atoms in total. The van der Waals surface area contributed by atoms with Crippen LogP contribution >= 0.6 is 12.0 Å². The third kappa shape index (κ3) is 22.5. The Balaban J connectivity index is 1.33. The van der Waals surface area contributed by atoms with Crippen LogP contribution in [0.5, 0.6) is 5.75 Å². The second kappa shape index (κ2) is 36.7. The lowest BCUT2D eigenvalue weighted by molar-refractivity contribution is -0.144. The number of nitrogens with two attached hydrogens (primary N) is 1. The van der Waals surface area contributed by atoms with Gasteiger partial charge in [-0.3, -0.25) is 72.0 Å². The molecular weight excluding hydrogens is 1260 g/mol. The van der Waals surface area contributed by atoms with E-state index in [2.05, 4.69) is 64.5 Å². The summed E-state index contributed by atoms with van der Waals surface area (Å²) in [7, 11) is 0. The minimum absolute atomic E-state index is 0.00126. The first-order chi connectivity index (χ1) is 45.1. The number of amides is 14. The maximum atomic E-state index is 14.6. The fourth-order valence-electron chi connectivity index (χ4n) is 10.3. The summed E-state index contributed by atoms with van der Waals surface area (Å²) in [6, 6.07) is 2.45. The van der Waals surface area contributed by atoms with E-state index in [1.807, 2.05) is 0 Å². The van der Waals surface area contributed by atoms with E-state index in [9.17, 15) is 81.9 Å². The number of rotatable bonds is 25. The smallest absolute Gasteiger partial charge is 0.253 e. The minimum Gasteiger partial charge on any atom is -0.489 e. The van der Waals surface area contributed by atoms with Gasteiger partial charge in [0.15, 0.2) is 0 Å². The molecule has 16 N–H and O–H groups in total. The van der Waals surface area contributed by atoms with Gasteiger partial charge < -0.3 is 88.6 Å². The number of hydrogen-bond donors (Lipinski definition) is 15. The van der Waals surface area contributed by atoms with Gasteiger partial charge in [0.25, 0.3) is 11.8 Å². The van der Waals surface area contributed by atoms with E-state index in [0.29, 0.717) is 34.7 Å². The van der Waals surface area contributed by atoms with Crippen molar-refractivity contribution in [3.8, 4) is 18.2 Å². The number of terminal acetylenes is 1. The number of aryl methyl sites for hydroxylation is 1. The fraction of sp³-hybridized carbons (Fsp3) is 0.516. The molecule has 95 heavy (non-hydrogen) atoms. The van der Waals surface area contributed by atoms with Gasteiger partial charge in [0.2, 0.25) is 70.9 Å². The van der Waals surface area contributed by atoms with Gasteiger partial charge in [0, 0.05) is 61.1 Å². The van der Waals surface area contributed by atoms with Crippen LogP contribution < -0.4 is 69.0 Å². The number of ether oxygens (including phenoxy) is 1. The van der Waals surface area contributed by atoms with E-state index in [0.717, 1.165) is 22.0 Å². The summed E-state index contributed by atoms with van der Waals surface area (Å²) in [5, 5.41) is 49.0. The lowest BCUT2D eigenvalue weighted by atomic mass is 9.94. The molecule has 3 heterocycles. The largest absolute Gasteiger partial charge is 0.489 e. The lowest BCUT2D eigenvalue weighted by Gasteiger charge is -2.32. The van der Waals surface area contributed by atoms with Crippen molar-refractivity contribution in [1.82, 2.24) is 57.7 Å². The first-order valence-electron chi connectivity index (χ1n) is 30.8. The van der Waals surface area contributed by atoms with Crippen molar-refractivity contribution in [2.24, 2.45) is 23.5 Å². The molecule has 0 bridgehead atoms. The monoisotopic (exact) mass is 1340 g/mol. The highest BCUT2D eigenvalue weighted by Crippen LogP contribution is 2.27. The molecule has 3 aliphatic heterocycles. The van der Waals surface area contributed by atoms with Crippen molar-refractivity contribution >= 4 is 106 Å². The van der Waals surface area contributed by atoms with Crippen LogP contribution in [0.25, 0.3) is 0 Å². The van der Waals surface area contributed by atoms with Crippen LogP contribution in [0.3, 0.4) is 0 Å². The van der Waals surface area contributed by atoms with Crippen molar-refractivity contribution < 1.29 is 86.6 Å².